The minimum Gasteiger partial charge on any atom is -0.469 e. The molecule has 0 aliphatic heterocycles. The number of nitrogens with one attached hydrogen (secondary N) is 3. The first-order valence-corrected chi connectivity index (χ1v) is 19.4. The first-order chi connectivity index (χ1) is 23.4. The first kappa shape index (κ1) is 41.0. The molecule has 0 heterocycles. The Morgan fingerprint density at radius 3 is 1.82 bits per heavy atom. The number of ether oxygens (including phenoxy) is 4. The minimum absolute atomic E-state index is 0.0345. The summed E-state index contributed by atoms with van der Waals surface area (Å²) in [6.07, 6.45) is 5.84. The zero-order valence-electron chi connectivity index (χ0n) is 33.8. The van der Waals surface area contributed by atoms with Gasteiger partial charge in [0.15, 0.2) is 0 Å². The highest BCUT2D eigenvalue weighted by Gasteiger charge is 2.66. The van der Waals surface area contributed by atoms with Crippen LogP contribution in [0.25, 0.3) is 0 Å². The normalized spacial score (nSPS) is 35.5. The standard InChI is InChI=1S/C40H69N3O8/c1-23(14-17-31(44)48-13)26-15-16-27-32-28(22-30(40(26,27)12)43-35(47)51-38(8,9)10)39(11)19-18-25(41-33(45)49-36(2,3)4)20-24(39)21-29(32)42-34(46)50-37(5,6)7/h23-30,32H,14-22H2,1-13H3,(H,41,45)(H,42,46)(H,43,47)/t23-,24-,25-,26-,27+,28+,29-,30+,32+,39+,40-/m1/s1. The minimum atomic E-state index is -0.645. The molecule has 0 bridgehead atoms. The topological polar surface area (TPSA) is 141 Å². The van der Waals surface area contributed by atoms with Crippen molar-refractivity contribution in [1.29, 1.82) is 0 Å². The van der Waals surface area contributed by atoms with Gasteiger partial charge in [-0.15, -0.1) is 0 Å². The highest BCUT2D eigenvalue weighted by atomic mass is 16.6. The number of alkyl carbamates (subject to hydrolysis) is 3. The number of esters is 1. The lowest BCUT2D eigenvalue weighted by atomic mass is 9.42. The third kappa shape index (κ3) is 9.64. The molecule has 0 radical (unpaired) electrons. The number of rotatable bonds is 7. The molecule has 11 atom stereocenters. The Hall–Kier alpha value is -2.72. The predicted octanol–water partition coefficient (Wildman–Crippen LogP) is 8.13. The van der Waals surface area contributed by atoms with E-state index < -0.39 is 35.1 Å². The largest absolute Gasteiger partial charge is 0.469 e. The number of methoxy groups -OCH3 is 1. The van der Waals surface area contributed by atoms with Crippen molar-refractivity contribution in [3.63, 3.8) is 0 Å². The second kappa shape index (κ2) is 15.0. The summed E-state index contributed by atoms with van der Waals surface area (Å²) in [7, 11) is 1.43. The van der Waals surface area contributed by atoms with Gasteiger partial charge in [-0.2, -0.15) is 0 Å². The van der Waals surface area contributed by atoms with Crippen LogP contribution in [0.5, 0.6) is 0 Å². The summed E-state index contributed by atoms with van der Waals surface area (Å²) in [4.78, 5) is 52.2. The summed E-state index contributed by atoms with van der Waals surface area (Å²) < 4.78 is 22.3. The van der Waals surface area contributed by atoms with E-state index in [9.17, 15) is 19.2 Å². The Balaban J connectivity index is 1.73. The van der Waals surface area contributed by atoms with Gasteiger partial charge in [-0.05, 0) is 160 Å². The van der Waals surface area contributed by atoms with Gasteiger partial charge in [-0.3, -0.25) is 4.79 Å². The second-order valence-corrected chi connectivity index (χ2v) is 19.7. The zero-order chi connectivity index (χ0) is 38.3. The Labute approximate surface area is 307 Å². The smallest absolute Gasteiger partial charge is 0.407 e. The lowest BCUT2D eigenvalue weighted by Gasteiger charge is -2.65. The predicted molar refractivity (Wildman–Crippen MR) is 196 cm³/mol. The fourth-order valence-corrected chi connectivity index (χ4v) is 10.8. The third-order valence-corrected chi connectivity index (χ3v) is 12.8. The van der Waals surface area contributed by atoms with E-state index in [1.807, 2.05) is 62.3 Å². The molecule has 11 heteroatoms. The molecule has 4 rings (SSSR count). The maximum Gasteiger partial charge on any atom is 0.407 e. The van der Waals surface area contributed by atoms with Gasteiger partial charge in [0.1, 0.15) is 16.8 Å². The molecular weight excluding hydrogens is 650 g/mol. The van der Waals surface area contributed by atoms with E-state index >= 15 is 0 Å². The van der Waals surface area contributed by atoms with Gasteiger partial charge in [-0.1, -0.05) is 20.8 Å². The van der Waals surface area contributed by atoms with Crippen LogP contribution in [-0.4, -0.2) is 66.3 Å². The Morgan fingerprint density at radius 1 is 0.725 bits per heavy atom. The van der Waals surface area contributed by atoms with Crippen molar-refractivity contribution in [2.75, 3.05) is 7.11 Å². The summed E-state index contributed by atoms with van der Waals surface area (Å²) in [5.41, 5.74) is -2.26. The Kier molecular flexibility index (Phi) is 12.0. The molecule has 292 valence electrons. The molecule has 3 N–H and O–H groups in total. The van der Waals surface area contributed by atoms with E-state index in [2.05, 4.69) is 36.7 Å². The number of carbonyl (C=O) groups is 4. The molecular formula is C40H69N3O8. The molecule has 0 saturated heterocycles. The molecule has 0 aromatic carbocycles. The number of amides is 3. The van der Waals surface area contributed by atoms with E-state index in [0.717, 1.165) is 44.9 Å². The Morgan fingerprint density at radius 2 is 1.27 bits per heavy atom. The summed E-state index contributed by atoms with van der Waals surface area (Å²) in [6.45, 7) is 23.8. The highest BCUT2D eigenvalue weighted by Crippen LogP contribution is 2.68. The summed E-state index contributed by atoms with van der Waals surface area (Å²) in [5.74, 6) is 1.03. The van der Waals surface area contributed by atoms with E-state index in [0.29, 0.717) is 12.8 Å². The molecule has 0 spiro atoms. The van der Waals surface area contributed by atoms with Crippen LogP contribution in [0.2, 0.25) is 0 Å². The summed E-state index contributed by atoms with van der Waals surface area (Å²) in [6, 6.07) is -0.339. The monoisotopic (exact) mass is 720 g/mol. The zero-order valence-corrected chi connectivity index (χ0v) is 33.8. The SMILES string of the molecule is COC(=O)CC[C@@H](C)[C@H]1CC[C@H]2[C@@H]3[C@H](NC(=O)OC(C)(C)C)C[C@H]4C[C@H](NC(=O)OC(C)(C)C)CC[C@]4(C)[C@H]3C[C@H](NC(=O)OC(C)(C)C)[C@]12C. The van der Waals surface area contributed by atoms with Gasteiger partial charge < -0.3 is 34.9 Å². The maximum absolute atomic E-state index is 13.6. The first-order valence-electron chi connectivity index (χ1n) is 19.4. The van der Waals surface area contributed by atoms with Crippen LogP contribution < -0.4 is 16.0 Å². The molecule has 4 aliphatic rings. The van der Waals surface area contributed by atoms with Crippen LogP contribution >= 0.6 is 0 Å². The van der Waals surface area contributed by atoms with Crippen molar-refractivity contribution < 1.29 is 38.1 Å². The van der Waals surface area contributed by atoms with Crippen molar-refractivity contribution in [3.05, 3.63) is 0 Å². The molecule has 51 heavy (non-hydrogen) atoms. The molecule has 4 saturated carbocycles. The van der Waals surface area contributed by atoms with Gasteiger partial charge >= 0.3 is 24.2 Å². The summed E-state index contributed by atoms with van der Waals surface area (Å²) in [5, 5.41) is 9.92. The van der Waals surface area contributed by atoms with Gasteiger partial charge in [0.05, 0.1) is 7.11 Å². The number of hydrogen-bond acceptors (Lipinski definition) is 8. The number of hydrogen-bond donors (Lipinski definition) is 3. The molecule has 4 aliphatic carbocycles. The van der Waals surface area contributed by atoms with Crippen LogP contribution in [0, 0.1) is 46.3 Å². The molecule has 3 amide bonds. The van der Waals surface area contributed by atoms with E-state index in [4.69, 9.17) is 18.9 Å². The number of carbonyl (C=O) groups excluding carboxylic acids is 4. The number of fused-ring (bicyclic) bond motifs is 5. The Bertz CT molecular complexity index is 1280. The van der Waals surface area contributed by atoms with Crippen molar-refractivity contribution in [1.82, 2.24) is 16.0 Å². The molecule has 0 aromatic heterocycles. The van der Waals surface area contributed by atoms with Crippen LogP contribution in [0.3, 0.4) is 0 Å². The van der Waals surface area contributed by atoms with Crippen molar-refractivity contribution in [2.24, 2.45) is 46.3 Å². The van der Waals surface area contributed by atoms with Crippen molar-refractivity contribution in [3.8, 4) is 0 Å². The molecule has 4 fully saturated rings. The van der Waals surface area contributed by atoms with Crippen LogP contribution in [0.4, 0.5) is 14.4 Å². The molecule has 0 unspecified atom stereocenters. The van der Waals surface area contributed by atoms with E-state index in [1.165, 1.54) is 7.11 Å². The maximum atomic E-state index is 13.6. The molecule has 11 nitrogen and oxygen atoms in total. The fraction of sp³-hybridized carbons (Fsp3) is 0.900. The van der Waals surface area contributed by atoms with Gasteiger partial charge in [0.25, 0.3) is 0 Å². The molecule has 0 aromatic rings. The quantitative estimate of drug-likeness (QED) is 0.177. The summed E-state index contributed by atoms with van der Waals surface area (Å²) >= 11 is 0. The van der Waals surface area contributed by atoms with E-state index in [-0.39, 0.29) is 70.4 Å². The van der Waals surface area contributed by atoms with Gasteiger partial charge in [0.2, 0.25) is 0 Å². The highest BCUT2D eigenvalue weighted by molar-refractivity contribution is 5.70. The van der Waals surface area contributed by atoms with Crippen LogP contribution in [-0.2, 0) is 23.7 Å². The van der Waals surface area contributed by atoms with E-state index in [1.54, 1.807) is 0 Å². The van der Waals surface area contributed by atoms with Crippen LogP contribution in [0.15, 0.2) is 0 Å². The second-order valence-electron chi connectivity index (χ2n) is 19.7. The van der Waals surface area contributed by atoms with Crippen molar-refractivity contribution >= 4 is 24.2 Å². The van der Waals surface area contributed by atoms with Gasteiger partial charge in [0, 0.05) is 24.5 Å². The van der Waals surface area contributed by atoms with Crippen LogP contribution in [0.1, 0.15) is 141 Å². The average Bonchev–Trinajstić information content (AvgIpc) is 3.32. The lowest BCUT2D eigenvalue weighted by molar-refractivity contribution is -0.145. The average molecular weight is 720 g/mol. The van der Waals surface area contributed by atoms with Gasteiger partial charge in [-0.25, -0.2) is 14.4 Å². The fourth-order valence-electron chi connectivity index (χ4n) is 10.8. The lowest BCUT2D eigenvalue weighted by Crippen LogP contribution is -2.68. The third-order valence-electron chi connectivity index (χ3n) is 12.8. The van der Waals surface area contributed by atoms with Crippen molar-refractivity contribution in [2.45, 2.75) is 176 Å².